The third kappa shape index (κ3) is 4.83. The molecule has 0 aliphatic rings. The fraction of sp³-hybridized carbons (Fsp3) is 0.350. The second kappa shape index (κ2) is 8.50. The number of methoxy groups -OCH3 is 1. The fourth-order valence-corrected chi connectivity index (χ4v) is 2.70. The molecule has 128 valence electrons. The number of benzene rings is 2. The van der Waals surface area contributed by atoms with Gasteiger partial charge in [-0.15, -0.1) is 0 Å². The molecular weight excluding hydrogens is 300 g/mol. The maximum atomic E-state index is 12.3. The first-order valence-electron chi connectivity index (χ1n) is 8.23. The van der Waals surface area contributed by atoms with Crippen molar-refractivity contribution in [2.24, 2.45) is 0 Å². The Kier molecular flexibility index (Phi) is 6.38. The van der Waals surface area contributed by atoms with Crippen LogP contribution in [0.5, 0.6) is 5.75 Å². The first kappa shape index (κ1) is 18.0. The van der Waals surface area contributed by atoms with E-state index in [1.807, 2.05) is 43.3 Å². The third-order valence-electron chi connectivity index (χ3n) is 4.17. The minimum atomic E-state index is -0.266. The van der Waals surface area contributed by atoms with Gasteiger partial charge in [-0.3, -0.25) is 10.1 Å². The van der Waals surface area contributed by atoms with Gasteiger partial charge in [0.15, 0.2) is 0 Å². The van der Waals surface area contributed by atoms with Gasteiger partial charge >= 0.3 is 0 Å². The zero-order chi connectivity index (χ0) is 17.5. The van der Waals surface area contributed by atoms with Crippen LogP contribution >= 0.6 is 0 Å². The highest BCUT2D eigenvalue weighted by Gasteiger charge is 2.16. The number of aryl methyl sites for hydroxylation is 1. The van der Waals surface area contributed by atoms with Gasteiger partial charge in [0.25, 0.3) is 0 Å². The largest absolute Gasteiger partial charge is 0.497 e. The van der Waals surface area contributed by atoms with E-state index in [9.17, 15) is 4.79 Å². The Hall–Kier alpha value is -2.33. The Labute approximate surface area is 144 Å². The van der Waals surface area contributed by atoms with E-state index in [4.69, 9.17) is 4.74 Å². The number of nitrogens with one attached hydrogen (secondary N) is 2. The number of hydrogen-bond acceptors (Lipinski definition) is 3. The van der Waals surface area contributed by atoms with E-state index in [1.54, 1.807) is 7.11 Å². The summed E-state index contributed by atoms with van der Waals surface area (Å²) < 4.78 is 5.13. The highest BCUT2D eigenvalue weighted by atomic mass is 16.5. The lowest BCUT2D eigenvalue weighted by atomic mass is 10.0. The Morgan fingerprint density at radius 3 is 2.38 bits per heavy atom. The zero-order valence-corrected chi connectivity index (χ0v) is 14.8. The molecule has 2 N–H and O–H groups in total. The van der Waals surface area contributed by atoms with Gasteiger partial charge in [-0.05, 0) is 49.6 Å². The van der Waals surface area contributed by atoms with Crippen LogP contribution in [0.3, 0.4) is 0 Å². The van der Waals surface area contributed by atoms with Gasteiger partial charge in [0.05, 0.1) is 13.2 Å². The first-order chi connectivity index (χ1) is 11.5. The molecule has 2 atom stereocenters. The van der Waals surface area contributed by atoms with Crippen LogP contribution in [0.2, 0.25) is 0 Å². The molecular formula is C20H26N2O2. The quantitative estimate of drug-likeness (QED) is 0.820. The summed E-state index contributed by atoms with van der Waals surface area (Å²) in [5.41, 5.74) is 3.49. The van der Waals surface area contributed by atoms with Crippen molar-refractivity contribution in [1.29, 1.82) is 0 Å². The molecule has 0 aromatic heterocycles. The predicted octanol–water partition coefficient (Wildman–Crippen LogP) is 3.36. The first-order valence-corrected chi connectivity index (χ1v) is 8.23. The van der Waals surface area contributed by atoms with Crippen molar-refractivity contribution in [3.05, 3.63) is 65.2 Å². The molecule has 0 aliphatic heterocycles. The number of carbonyl (C=O) groups is 1. The van der Waals surface area contributed by atoms with Gasteiger partial charge in [-0.1, -0.05) is 36.4 Å². The van der Waals surface area contributed by atoms with Gasteiger partial charge in [-0.25, -0.2) is 0 Å². The number of rotatable bonds is 7. The van der Waals surface area contributed by atoms with E-state index < -0.39 is 0 Å². The molecule has 0 unspecified atom stereocenters. The van der Waals surface area contributed by atoms with Crippen molar-refractivity contribution >= 4 is 5.91 Å². The van der Waals surface area contributed by atoms with Crippen molar-refractivity contribution in [2.75, 3.05) is 7.11 Å². The summed E-state index contributed by atoms with van der Waals surface area (Å²) in [6.45, 7) is 6.56. The summed E-state index contributed by atoms with van der Waals surface area (Å²) in [7, 11) is 1.64. The topological polar surface area (TPSA) is 50.4 Å². The van der Waals surface area contributed by atoms with Gasteiger partial charge in [0, 0.05) is 12.6 Å². The van der Waals surface area contributed by atoms with Crippen molar-refractivity contribution in [3.63, 3.8) is 0 Å². The number of carbonyl (C=O) groups excluding carboxylic acids is 1. The van der Waals surface area contributed by atoms with E-state index in [0.29, 0.717) is 6.54 Å². The van der Waals surface area contributed by atoms with E-state index in [2.05, 4.69) is 36.6 Å². The van der Waals surface area contributed by atoms with E-state index in [-0.39, 0.29) is 18.0 Å². The predicted molar refractivity (Wildman–Crippen MR) is 97.0 cm³/mol. The molecule has 2 aromatic rings. The maximum absolute atomic E-state index is 12.3. The molecule has 24 heavy (non-hydrogen) atoms. The minimum Gasteiger partial charge on any atom is -0.497 e. The minimum absolute atomic E-state index is 0.00810. The number of ether oxygens (including phenoxy) is 1. The summed E-state index contributed by atoms with van der Waals surface area (Å²) in [5, 5.41) is 6.32. The Morgan fingerprint density at radius 1 is 1.08 bits per heavy atom. The summed E-state index contributed by atoms with van der Waals surface area (Å²) in [4.78, 5) is 12.3. The second-order valence-electron chi connectivity index (χ2n) is 6.03. The standard InChI is InChI=1S/C20H26N2O2/c1-14-7-5-6-8-19(14)15(2)22-16(3)20(23)21-13-17-9-11-18(24-4)12-10-17/h5-12,15-16,22H,13H2,1-4H3,(H,21,23)/t15-,16+/m0/s1. The van der Waals surface area contributed by atoms with Crippen molar-refractivity contribution in [1.82, 2.24) is 10.6 Å². The molecule has 1 amide bonds. The molecule has 0 bridgehead atoms. The lowest BCUT2D eigenvalue weighted by Gasteiger charge is -2.21. The molecule has 0 aliphatic carbocycles. The van der Waals surface area contributed by atoms with Gasteiger partial charge in [0.1, 0.15) is 5.75 Å². The Bertz CT molecular complexity index is 668. The van der Waals surface area contributed by atoms with Crippen LogP contribution in [-0.2, 0) is 11.3 Å². The summed E-state index contributed by atoms with van der Waals surface area (Å²) in [6.07, 6.45) is 0. The van der Waals surface area contributed by atoms with Gasteiger partial charge in [0.2, 0.25) is 5.91 Å². The molecule has 0 fully saturated rings. The molecule has 2 aromatic carbocycles. The lowest BCUT2D eigenvalue weighted by Crippen LogP contribution is -2.42. The highest BCUT2D eigenvalue weighted by Crippen LogP contribution is 2.17. The van der Waals surface area contributed by atoms with Crippen LogP contribution in [0.4, 0.5) is 0 Å². The smallest absolute Gasteiger partial charge is 0.237 e. The zero-order valence-electron chi connectivity index (χ0n) is 14.8. The SMILES string of the molecule is COc1ccc(CNC(=O)[C@@H](C)N[C@@H](C)c2ccccc2C)cc1. The molecule has 0 spiro atoms. The van der Waals surface area contributed by atoms with Crippen LogP contribution in [-0.4, -0.2) is 19.1 Å². The second-order valence-corrected chi connectivity index (χ2v) is 6.03. The molecule has 0 saturated carbocycles. The molecule has 2 rings (SSSR count). The third-order valence-corrected chi connectivity index (χ3v) is 4.17. The fourth-order valence-electron chi connectivity index (χ4n) is 2.70. The molecule has 4 heteroatoms. The van der Waals surface area contributed by atoms with Crippen LogP contribution in [0.25, 0.3) is 0 Å². The Morgan fingerprint density at radius 2 is 1.75 bits per heavy atom. The normalized spacial score (nSPS) is 13.2. The average molecular weight is 326 g/mol. The van der Waals surface area contributed by atoms with Crippen LogP contribution < -0.4 is 15.4 Å². The van der Waals surface area contributed by atoms with Crippen LogP contribution in [0.15, 0.2) is 48.5 Å². The molecule has 0 radical (unpaired) electrons. The molecule has 0 saturated heterocycles. The van der Waals surface area contributed by atoms with Crippen molar-refractivity contribution in [3.8, 4) is 5.75 Å². The van der Waals surface area contributed by atoms with Crippen molar-refractivity contribution in [2.45, 2.75) is 39.4 Å². The van der Waals surface area contributed by atoms with E-state index in [0.717, 1.165) is 11.3 Å². The van der Waals surface area contributed by atoms with Gasteiger partial charge < -0.3 is 10.1 Å². The number of amides is 1. The van der Waals surface area contributed by atoms with Crippen molar-refractivity contribution < 1.29 is 9.53 Å². The number of hydrogen-bond donors (Lipinski definition) is 2. The maximum Gasteiger partial charge on any atom is 0.237 e. The van der Waals surface area contributed by atoms with E-state index in [1.165, 1.54) is 11.1 Å². The summed E-state index contributed by atoms with van der Waals surface area (Å²) in [6, 6.07) is 15.8. The summed E-state index contributed by atoms with van der Waals surface area (Å²) in [5.74, 6) is 0.804. The average Bonchev–Trinajstić information content (AvgIpc) is 2.60. The monoisotopic (exact) mass is 326 g/mol. The molecule has 4 nitrogen and oxygen atoms in total. The lowest BCUT2D eigenvalue weighted by molar-refractivity contribution is -0.123. The van der Waals surface area contributed by atoms with Gasteiger partial charge in [-0.2, -0.15) is 0 Å². The summed E-state index contributed by atoms with van der Waals surface area (Å²) >= 11 is 0. The van der Waals surface area contributed by atoms with E-state index >= 15 is 0 Å². The van der Waals surface area contributed by atoms with Crippen LogP contribution in [0.1, 0.15) is 36.6 Å². The van der Waals surface area contributed by atoms with Crippen LogP contribution in [0, 0.1) is 6.92 Å². The molecule has 0 heterocycles. The highest BCUT2D eigenvalue weighted by molar-refractivity contribution is 5.81. The Balaban J connectivity index is 1.86.